The summed E-state index contributed by atoms with van der Waals surface area (Å²) in [7, 11) is -3.96. The summed E-state index contributed by atoms with van der Waals surface area (Å²) in [4.78, 5) is 24.1. The summed E-state index contributed by atoms with van der Waals surface area (Å²) in [5.74, 6) is -1.94. The number of nitrogen functional groups attached to an aromatic ring is 2. The van der Waals surface area contributed by atoms with Gasteiger partial charge in [-0.15, -0.1) is 0 Å². The fraction of sp³-hybridized carbons (Fsp3) is 0.200. The van der Waals surface area contributed by atoms with Crippen LogP contribution >= 0.6 is 0 Å². The molecule has 3 aromatic carbocycles. The lowest BCUT2D eigenvalue weighted by Crippen LogP contribution is -2.14. The molecule has 0 aromatic heterocycles. The van der Waals surface area contributed by atoms with Crippen molar-refractivity contribution in [1.29, 1.82) is 0 Å². The van der Waals surface area contributed by atoms with Crippen LogP contribution in [-0.2, 0) is 14.6 Å². The minimum atomic E-state index is -3.96. The highest BCUT2D eigenvalue weighted by molar-refractivity contribution is 7.91. The van der Waals surface area contributed by atoms with Gasteiger partial charge in [-0.1, -0.05) is 29.8 Å². The van der Waals surface area contributed by atoms with Crippen LogP contribution in [0.3, 0.4) is 0 Å². The van der Waals surface area contributed by atoms with Crippen molar-refractivity contribution >= 4 is 33.0 Å². The molecular formula is C25H28N2O6S. The molecule has 3 aromatic rings. The SMILES string of the molecule is CCOCC.Cc1ccc(S(=O)(=O)c2cccc(C(=O)c3cccc(C(=O)O)c3N)c2N)cc1. The lowest BCUT2D eigenvalue weighted by molar-refractivity contribution is 0.0698. The maximum atomic E-state index is 13.0. The summed E-state index contributed by atoms with van der Waals surface area (Å²) in [6, 6.07) is 14.4. The topological polar surface area (TPSA) is 150 Å². The molecule has 0 aliphatic carbocycles. The average Bonchev–Trinajstić information content (AvgIpc) is 2.80. The summed E-state index contributed by atoms with van der Waals surface area (Å²) >= 11 is 0. The van der Waals surface area contributed by atoms with Gasteiger partial charge in [-0.05, 0) is 57.2 Å². The molecule has 0 aliphatic rings. The number of hydrogen-bond acceptors (Lipinski definition) is 7. The number of carbonyl (C=O) groups excluding carboxylic acids is 1. The van der Waals surface area contributed by atoms with Crippen molar-refractivity contribution in [3.63, 3.8) is 0 Å². The fourth-order valence-electron chi connectivity index (χ4n) is 3.12. The number of carboxylic acids is 1. The first kappa shape index (κ1) is 26.6. The fourth-order valence-corrected chi connectivity index (χ4v) is 4.53. The van der Waals surface area contributed by atoms with Gasteiger partial charge in [0.2, 0.25) is 9.84 Å². The van der Waals surface area contributed by atoms with E-state index in [1.165, 1.54) is 48.5 Å². The molecule has 0 spiro atoms. The third-order valence-corrected chi connectivity index (χ3v) is 6.75. The van der Waals surface area contributed by atoms with Crippen LogP contribution in [0.25, 0.3) is 0 Å². The van der Waals surface area contributed by atoms with Crippen LogP contribution in [-0.4, -0.2) is 38.5 Å². The minimum Gasteiger partial charge on any atom is -0.478 e. The quantitative estimate of drug-likeness (QED) is 0.337. The number of sulfone groups is 1. The first-order valence-corrected chi connectivity index (χ1v) is 12.0. The lowest BCUT2D eigenvalue weighted by atomic mass is 9.98. The molecule has 0 atom stereocenters. The van der Waals surface area contributed by atoms with Gasteiger partial charge in [0.05, 0.1) is 26.7 Å². The molecule has 0 saturated carbocycles. The summed E-state index contributed by atoms with van der Waals surface area (Å²) in [6.07, 6.45) is 0. The zero-order valence-corrected chi connectivity index (χ0v) is 20.1. The van der Waals surface area contributed by atoms with Gasteiger partial charge in [0.15, 0.2) is 5.78 Å². The van der Waals surface area contributed by atoms with E-state index in [0.717, 1.165) is 18.8 Å². The smallest absolute Gasteiger partial charge is 0.337 e. The summed E-state index contributed by atoms with van der Waals surface area (Å²) in [6.45, 7) is 7.50. The second-order valence-corrected chi connectivity index (χ2v) is 9.13. The Bertz CT molecular complexity index is 1280. The predicted molar refractivity (Wildman–Crippen MR) is 131 cm³/mol. The van der Waals surface area contributed by atoms with Gasteiger partial charge >= 0.3 is 5.97 Å². The van der Waals surface area contributed by atoms with Gasteiger partial charge in [0.25, 0.3) is 0 Å². The number of anilines is 2. The standard InChI is InChI=1S/C21H18N2O5S.C4H10O/c1-12-8-10-13(11-9-12)29(27,28)17-7-3-5-15(19(17)23)20(24)14-4-2-6-16(18(14)22)21(25)26;1-3-5-4-2/h2-11H,22-23H2,1H3,(H,25,26);3-4H2,1-2H3. The highest BCUT2D eigenvalue weighted by atomic mass is 32.2. The van der Waals surface area contributed by atoms with Crippen LogP contribution in [0.5, 0.6) is 0 Å². The van der Waals surface area contributed by atoms with Crippen molar-refractivity contribution in [2.24, 2.45) is 0 Å². The van der Waals surface area contributed by atoms with Gasteiger partial charge < -0.3 is 21.3 Å². The normalized spacial score (nSPS) is 10.8. The second-order valence-electron chi connectivity index (χ2n) is 7.22. The number of aryl methyl sites for hydroxylation is 1. The van der Waals surface area contributed by atoms with Gasteiger partial charge in [-0.3, -0.25) is 4.79 Å². The number of benzene rings is 3. The molecule has 0 unspecified atom stereocenters. The Hall–Kier alpha value is -3.69. The number of carboxylic acid groups (broad SMARTS) is 1. The third kappa shape index (κ3) is 5.81. The number of rotatable bonds is 7. The van der Waals surface area contributed by atoms with Crippen LogP contribution in [0.15, 0.2) is 70.5 Å². The Morgan fingerprint density at radius 3 is 1.82 bits per heavy atom. The van der Waals surface area contributed by atoms with Crippen LogP contribution in [0.2, 0.25) is 0 Å². The number of ketones is 1. The monoisotopic (exact) mass is 484 g/mol. The van der Waals surface area contributed by atoms with E-state index in [-0.39, 0.29) is 37.9 Å². The minimum absolute atomic E-state index is 0.0480. The second kappa shape index (κ2) is 11.4. The summed E-state index contributed by atoms with van der Waals surface area (Å²) < 4.78 is 30.8. The van der Waals surface area contributed by atoms with E-state index in [9.17, 15) is 23.1 Å². The lowest BCUT2D eigenvalue weighted by Gasteiger charge is -2.13. The molecule has 5 N–H and O–H groups in total. The molecule has 0 aliphatic heterocycles. The van der Waals surface area contributed by atoms with E-state index < -0.39 is 21.6 Å². The first-order chi connectivity index (χ1) is 16.1. The highest BCUT2D eigenvalue weighted by Crippen LogP contribution is 2.31. The van der Waals surface area contributed by atoms with Crippen molar-refractivity contribution < 1.29 is 27.9 Å². The number of carbonyl (C=O) groups is 2. The van der Waals surface area contributed by atoms with Crippen molar-refractivity contribution in [3.05, 3.63) is 82.9 Å². The Morgan fingerprint density at radius 1 is 0.824 bits per heavy atom. The van der Waals surface area contributed by atoms with Gasteiger partial charge in [-0.2, -0.15) is 0 Å². The molecule has 9 heteroatoms. The Kier molecular flexibility index (Phi) is 8.94. The summed E-state index contributed by atoms with van der Waals surface area (Å²) in [5, 5.41) is 9.20. The Morgan fingerprint density at radius 2 is 1.32 bits per heavy atom. The van der Waals surface area contributed by atoms with Crippen molar-refractivity contribution in [3.8, 4) is 0 Å². The Balaban J connectivity index is 0.000000739. The van der Waals surface area contributed by atoms with E-state index in [4.69, 9.17) is 16.2 Å². The molecule has 0 heterocycles. The van der Waals surface area contributed by atoms with Crippen LogP contribution in [0.1, 0.15) is 45.7 Å². The van der Waals surface area contributed by atoms with E-state index in [0.29, 0.717) is 0 Å². The number of aromatic carboxylic acids is 1. The number of para-hydroxylation sites is 2. The Labute approximate surface area is 199 Å². The largest absolute Gasteiger partial charge is 0.478 e. The summed E-state index contributed by atoms with van der Waals surface area (Å²) in [5.41, 5.74) is 12.0. The molecule has 3 rings (SSSR count). The molecule has 34 heavy (non-hydrogen) atoms. The van der Waals surface area contributed by atoms with Gasteiger partial charge in [-0.25, -0.2) is 13.2 Å². The van der Waals surface area contributed by atoms with Crippen LogP contribution in [0.4, 0.5) is 11.4 Å². The number of ether oxygens (including phenoxy) is 1. The number of nitrogens with two attached hydrogens (primary N) is 2. The van der Waals surface area contributed by atoms with Crippen molar-refractivity contribution in [1.82, 2.24) is 0 Å². The van der Waals surface area contributed by atoms with E-state index in [1.807, 2.05) is 20.8 Å². The molecule has 8 nitrogen and oxygen atoms in total. The van der Waals surface area contributed by atoms with Crippen molar-refractivity contribution in [2.75, 3.05) is 24.7 Å². The molecule has 0 fully saturated rings. The third-order valence-electron chi connectivity index (χ3n) is 4.92. The molecule has 0 radical (unpaired) electrons. The molecular weight excluding hydrogens is 456 g/mol. The number of hydrogen-bond donors (Lipinski definition) is 3. The predicted octanol–water partition coefficient (Wildman–Crippen LogP) is 3.96. The zero-order chi connectivity index (χ0) is 25.5. The highest BCUT2D eigenvalue weighted by Gasteiger charge is 2.25. The molecule has 0 saturated heterocycles. The van der Waals surface area contributed by atoms with Crippen LogP contribution in [0, 0.1) is 6.92 Å². The van der Waals surface area contributed by atoms with Gasteiger partial charge in [0, 0.05) is 24.3 Å². The maximum Gasteiger partial charge on any atom is 0.337 e. The maximum absolute atomic E-state index is 13.0. The van der Waals surface area contributed by atoms with Crippen molar-refractivity contribution in [2.45, 2.75) is 30.6 Å². The first-order valence-electron chi connectivity index (χ1n) is 10.5. The van der Waals surface area contributed by atoms with E-state index in [2.05, 4.69) is 0 Å². The van der Waals surface area contributed by atoms with Gasteiger partial charge in [0.1, 0.15) is 0 Å². The molecule has 0 amide bonds. The average molecular weight is 485 g/mol. The van der Waals surface area contributed by atoms with Crippen LogP contribution < -0.4 is 11.5 Å². The zero-order valence-electron chi connectivity index (χ0n) is 19.2. The van der Waals surface area contributed by atoms with E-state index in [1.54, 1.807) is 12.1 Å². The van der Waals surface area contributed by atoms with E-state index >= 15 is 0 Å². The molecule has 0 bridgehead atoms. The molecule has 180 valence electrons.